The van der Waals surface area contributed by atoms with E-state index in [1.165, 1.54) is 57.8 Å². The van der Waals surface area contributed by atoms with E-state index in [0.29, 0.717) is 9.47 Å². The monoisotopic (exact) mass is 557 g/mol. The molecule has 0 fully saturated rings. The maximum absolute atomic E-state index is 4.00. The van der Waals surface area contributed by atoms with Crippen molar-refractivity contribution in [1.82, 2.24) is 0 Å². The fourth-order valence-corrected chi connectivity index (χ4v) is 1.50. The molecule has 0 amide bonds. The van der Waals surface area contributed by atoms with Crippen LogP contribution in [0.15, 0.2) is 0 Å². The van der Waals surface area contributed by atoms with Gasteiger partial charge in [0, 0.05) is 0 Å². The molecule has 115 valence electrons. The van der Waals surface area contributed by atoms with E-state index >= 15 is 0 Å². The molecule has 0 spiro atoms. The minimum absolute atomic E-state index is 0. The molecular formula is C13H32I2S2V. The quantitative estimate of drug-likeness (QED) is 0.180. The zero-order valence-corrected chi connectivity index (χ0v) is 19.8. The molecule has 5 heteroatoms. The van der Waals surface area contributed by atoms with Crippen LogP contribution in [0.4, 0.5) is 0 Å². The number of unbranched alkanes of at least 4 members (excludes halogenated alkanes) is 7. The summed E-state index contributed by atoms with van der Waals surface area (Å²) in [6, 6.07) is 0. The van der Waals surface area contributed by atoms with Crippen LogP contribution in [-0.4, -0.2) is 5.75 Å². The van der Waals surface area contributed by atoms with E-state index < -0.39 is 0 Å². The van der Waals surface area contributed by atoms with Gasteiger partial charge in [0.2, 0.25) is 0 Å². The summed E-state index contributed by atoms with van der Waals surface area (Å²) in [6.45, 7) is 6.69. The molecule has 0 nitrogen and oxygen atoms in total. The van der Waals surface area contributed by atoms with Crippen LogP contribution in [0.3, 0.4) is 0 Å². The summed E-state index contributed by atoms with van der Waals surface area (Å²) in [7, 11) is 0.628. The number of thiol groups is 1. The van der Waals surface area contributed by atoms with Crippen LogP contribution in [-0.2, 0) is 9.47 Å². The van der Waals surface area contributed by atoms with Crippen molar-refractivity contribution in [3.63, 3.8) is 0 Å². The van der Waals surface area contributed by atoms with Gasteiger partial charge >= 0.3 is 49.4 Å². The molecule has 0 rings (SSSR count). The van der Waals surface area contributed by atoms with Crippen molar-refractivity contribution in [2.75, 3.05) is 5.75 Å². The first-order chi connectivity index (χ1) is 8.24. The van der Waals surface area contributed by atoms with Gasteiger partial charge in [0.05, 0.1) is 0 Å². The Labute approximate surface area is 158 Å². The van der Waals surface area contributed by atoms with Crippen molar-refractivity contribution >= 4 is 66.1 Å². The molecule has 0 heterocycles. The minimum atomic E-state index is 0. The maximum atomic E-state index is 4.00. The summed E-state index contributed by atoms with van der Waals surface area (Å²) in [6.07, 6.45) is 12.5. The van der Waals surface area contributed by atoms with Gasteiger partial charge in [-0.25, -0.2) is 0 Å². The SMILES string of the molecule is CCCCCCCCC.CCCCS.S.[I][V][I]. The summed E-state index contributed by atoms with van der Waals surface area (Å²) in [5, 5.41) is 0. The third-order valence-corrected chi connectivity index (χ3v) is 2.54. The van der Waals surface area contributed by atoms with Crippen LogP contribution in [0.5, 0.6) is 0 Å². The summed E-state index contributed by atoms with van der Waals surface area (Å²) in [5.74, 6) is 1.04. The Morgan fingerprint density at radius 3 is 1.17 bits per heavy atom. The molecule has 0 aromatic heterocycles. The zero-order chi connectivity index (χ0) is 13.8. The Morgan fingerprint density at radius 2 is 1.00 bits per heavy atom. The van der Waals surface area contributed by atoms with Crippen molar-refractivity contribution in [1.29, 1.82) is 0 Å². The van der Waals surface area contributed by atoms with Crippen molar-refractivity contribution in [3.8, 4) is 0 Å². The number of halogens is 2. The fraction of sp³-hybridized carbons (Fsp3) is 1.00. The Hall–Kier alpha value is 2.74. The van der Waals surface area contributed by atoms with Gasteiger partial charge in [0.1, 0.15) is 0 Å². The van der Waals surface area contributed by atoms with Gasteiger partial charge in [-0.3, -0.25) is 0 Å². The second-order valence-electron chi connectivity index (χ2n) is 3.91. The van der Waals surface area contributed by atoms with Crippen molar-refractivity contribution in [2.45, 2.75) is 78.6 Å². The van der Waals surface area contributed by atoms with Crippen LogP contribution >= 0.6 is 66.1 Å². The molecular weight excluding hydrogens is 525 g/mol. The summed E-state index contributed by atoms with van der Waals surface area (Å²) in [4.78, 5) is 0. The first-order valence-electron chi connectivity index (χ1n) is 6.78. The molecule has 0 aromatic rings. The van der Waals surface area contributed by atoms with E-state index in [1.807, 2.05) is 0 Å². The van der Waals surface area contributed by atoms with Gasteiger partial charge in [-0.2, -0.15) is 26.1 Å². The second-order valence-corrected chi connectivity index (χ2v) is 16.1. The Morgan fingerprint density at radius 1 is 0.722 bits per heavy atom. The molecule has 0 atom stereocenters. The molecule has 0 aliphatic rings. The molecule has 0 radical (unpaired) electrons. The van der Waals surface area contributed by atoms with Gasteiger partial charge < -0.3 is 0 Å². The number of hydrogen-bond acceptors (Lipinski definition) is 1. The average Bonchev–Trinajstić information content (AvgIpc) is 2.32. The van der Waals surface area contributed by atoms with Crippen LogP contribution in [0.2, 0.25) is 0 Å². The average molecular weight is 557 g/mol. The fourth-order valence-electron chi connectivity index (χ4n) is 1.19. The molecule has 0 bridgehead atoms. The van der Waals surface area contributed by atoms with Crippen LogP contribution in [0.1, 0.15) is 78.6 Å². The molecule has 0 saturated heterocycles. The molecule has 0 aliphatic heterocycles. The Bertz CT molecular complexity index is 91.1. The van der Waals surface area contributed by atoms with E-state index in [4.69, 9.17) is 0 Å². The van der Waals surface area contributed by atoms with Gasteiger partial charge in [-0.1, -0.05) is 72.1 Å². The summed E-state index contributed by atoms with van der Waals surface area (Å²) < 4.78 is 0. The van der Waals surface area contributed by atoms with Crippen molar-refractivity contribution < 1.29 is 9.47 Å². The van der Waals surface area contributed by atoms with Crippen LogP contribution in [0, 0.1) is 0 Å². The molecule has 0 saturated carbocycles. The Kier molecular flexibility index (Phi) is 58.8. The predicted molar refractivity (Wildman–Crippen MR) is 111 cm³/mol. The molecule has 0 aromatic carbocycles. The van der Waals surface area contributed by atoms with Crippen molar-refractivity contribution in [2.24, 2.45) is 0 Å². The van der Waals surface area contributed by atoms with E-state index in [1.54, 1.807) is 0 Å². The van der Waals surface area contributed by atoms with Crippen LogP contribution < -0.4 is 0 Å². The first kappa shape index (κ1) is 28.8. The first-order valence-corrected chi connectivity index (χ1v) is 16.4. The molecule has 18 heavy (non-hydrogen) atoms. The molecule has 0 unspecified atom stereocenters. The summed E-state index contributed by atoms with van der Waals surface area (Å²) in [5.41, 5.74) is 0. The van der Waals surface area contributed by atoms with Gasteiger partial charge in [0.15, 0.2) is 0 Å². The third kappa shape index (κ3) is 51.1. The van der Waals surface area contributed by atoms with E-state index in [2.05, 4.69) is 73.4 Å². The predicted octanol–water partition coefficient (Wildman–Crippen LogP) is 7.35. The zero-order valence-electron chi connectivity index (χ0n) is 12.2. The van der Waals surface area contributed by atoms with E-state index in [0.717, 1.165) is 5.75 Å². The van der Waals surface area contributed by atoms with Crippen LogP contribution in [0.25, 0.3) is 0 Å². The Balaban J connectivity index is -0.0000000931. The van der Waals surface area contributed by atoms with E-state index in [9.17, 15) is 0 Å². The third-order valence-electron chi connectivity index (χ3n) is 2.22. The second kappa shape index (κ2) is 36.7. The standard InChI is InChI=1S/C9H20.C4H10S.2HI.H2S.V/c1-3-5-7-9-8-6-4-2;1-2-3-4-5;;;;/h3-9H2,1-2H3;5H,2-4H2,1H3;2*1H;1H2;/q;;;;;+2/p-2. The molecule has 0 N–H and O–H groups in total. The normalized spacial score (nSPS) is 8.11. The molecule has 0 aliphatic carbocycles. The van der Waals surface area contributed by atoms with Gasteiger partial charge in [0.25, 0.3) is 0 Å². The number of hydrogen-bond donors (Lipinski definition) is 1. The van der Waals surface area contributed by atoms with E-state index in [-0.39, 0.29) is 13.5 Å². The topological polar surface area (TPSA) is 0 Å². The summed E-state index contributed by atoms with van der Waals surface area (Å²) >= 11 is 8.74. The van der Waals surface area contributed by atoms with Gasteiger partial charge in [-0.15, -0.1) is 0 Å². The van der Waals surface area contributed by atoms with Crippen molar-refractivity contribution in [3.05, 3.63) is 0 Å². The van der Waals surface area contributed by atoms with Gasteiger partial charge in [-0.05, 0) is 12.2 Å². The number of rotatable bonds is 8.